The first-order valence-corrected chi connectivity index (χ1v) is 5.57. The molecule has 0 fully saturated rings. The number of hydrogen-bond donors (Lipinski definition) is 1. The zero-order chi connectivity index (χ0) is 12.7. The van der Waals surface area contributed by atoms with E-state index in [-0.39, 0.29) is 5.56 Å². The summed E-state index contributed by atoms with van der Waals surface area (Å²) in [6.45, 7) is 1.74. The van der Waals surface area contributed by atoms with Gasteiger partial charge in [0.15, 0.2) is 0 Å². The van der Waals surface area contributed by atoms with Gasteiger partial charge in [-0.1, -0.05) is 18.2 Å². The molecule has 3 aromatic rings. The fourth-order valence-electron chi connectivity index (χ4n) is 2.17. The van der Waals surface area contributed by atoms with Crippen molar-refractivity contribution in [3.05, 3.63) is 52.1 Å². The van der Waals surface area contributed by atoms with Crippen LogP contribution in [0.5, 0.6) is 0 Å². The third kappa shape index (κ3) is 1.50. The summed E-state index contributed by atoms with van der Waals surface area (Å²) >= 11 is 0. The smallest absolute Gasteiger partial charge is 0.259 e. The van der Waals surface area contributed by atoms with Crippen LogP contribution in [0.25, 0.3) is 21.7 Å². The predicted octanol–water partition coefficient (Wildman–Crippen LogP) is 2.20. The number of hydrogen-bond acceptors (Lipinski definition) is 3. The molecule has 0 amide bonds. The Morgan fingerprint density at radius 3 is 2.78 bits per heavy atom. The standard InChI is InChI=1S/C14H10N2O2/c1-8-15-12-5-4-10-3-2-9(7-17)6-11(10)13(12)14(18)16-8/h2-7H,1H3,(H,15,16,18). The Kier molecular flexibility index (Phi) is 2.23. The lowest BCUT2D eigenvalue weighted by atomic mass is 10.0. The summed E-state index contributed by atoms with van der Waals surface area (Å²) in [5, 5.41) is 2.21. The molecule has 18 heavy (non-hydrogen) atoms. The number of carbonyl (C=O) groups is 1. The zero-order valence-corrected chi connectivity index (χ0v) is 9.73. The Hall–Kier alpha value is -2.49. The van der Waals surface area contributed by atoms with E-state index in [0.29, 0.717) is 22.3 Å². The van der Waals surface area contributed by atoms with Crippen LogP contribution in [0.4, 0.5) is 0 Å². The average Bonchev–Trinajstić information content (AvgIpc) is 2.36. The van der Waals surface area contributed by atoms with E-state index >= 15 is 0 Å². The number of nitrogens with zero attached hydrogens (tertiary/aromatic N) is 1. The number of nitrogens with one attached hydrogen (secondary N) is 1. The van der Waals surface area contributed by atoms with Crippen molar-refractivity contribution in [3.63, 3.8) is 0 Å². The van der Waals surface area contributed by atoms with Crippen LogP contribution in [-0.4, -0.2) is 16.3 Å². The fourth-order valence-corrected chi connectivity index (χ4v) is 2.17. The Bertz CT molecular complexity index is 834. The summed E-state index contributed by atoms with van der Waals surface area (Å²) in [5.74, 6) is 0.582. The van der Waals surface area contributed by atoms with Crippen molar-refractivity contribution < 1.29 is 4.79 Å². The topological polar surface area (TPSA) is 62.8 Å². The van der Waals surface area contributed by atoms with Crippen molar-refractivity contribution >= 4 is 28.0 Å². The number of benzene rings is 2. The highest BCUT2D eigenvalue weighted by atomic mass is 16.1. The van der Waals surface area contributed by atoms with Gasteiger partial charge in [0, 0.05) is 5.56 Å². The van der Waals surface area contributed by atoms with E-state index < -0.39 is 0 Å². The molecule has 0 unspecified atom stereocenters. The van der Waals surface area contributed by atoms with Gasteiger partial charge in [-0.2, -0.15) is 0 Å². The average molecular weight is 238 g/mol. The number of aromatic nitrogens is 2. The van der Waals surface area contributed by atoms with Gasteiger partial charge >= 0.3 is 0 Å². The first-order valence-electron chi connectivity index (χ1n) is 5.57. The molecule has 3 rings (SSSR count). The van der Waals surface area contributed by atoms with E-state index in [9.17, 15) is 9.59 Å². The lowest BCUT2D eigenvalue weighted by Gasteiger charge is -2.04. The fraction of sp³-hybridized carbons (Fsp3) is 0.0714. The van der Waals surface area contributed by atoms with Gasteiger partial charge in [-0.3, -0.25) is 9.59 Å². The number of H-pyrrole nitrogens is 1. The van der Waals surface area contributed by atoms with Gasteiger partial charge in [0.2, 0.25) is 0 Å². The van der Waals surface area contributed by atoms with E-state index in [0.717, 1.165) is 17.1 Å². The Morgan fingerprint density at radius 1 is 1.22 bits per heavy atom. The zero-order valence-electron chi connectivity index (χ0n) is 9.73. The molecule has 88 valence electrons. The summed E-state index contributed by atoms with van der Waals surface area (Å²) in [7, 11) is 0. The number of aldehydes is 1. The molecule has 1 heterocycles. The van der Waals surface area contributed by atoms with Crippen molar-refractivity contribution in [1.82, 2.24) is 9.97 Å². The normalized spacial score (nSPS) is 10.9. The van der Waals surface area contributed by atoms with Crippen LogP contribution in [-0.2, 0) is 0 Å². The van der Waals surface area contributed by atoms with Crippen molar-refractivity contribution in [2.45, 2.75) is 6.92 Å². The SMILES string of the molecule is Cc1nc2ccc3ccc(C=O)cc3c2c(=O)[nH]1. The molecule has 0 saturated carbocycles. The molecule has 0 aliphatic rings. The van der Waals surface area contributed by atoms with E-state index in [2.05, 4.69) is 9.97 Å². The Morgan fingerprint density at radius 2 is 2.00 bits per heavy atom. The van der Waals surface area contributed by atoms with Crippen LogP contribution in [0.15, 0.2) is 35.1 Å². The largest absolute Gasteiger partial charge is 0.310 e. The first kappa shape index (κ1) is 10.7. The summed E-state index contributed by atoms with van der Waals surface area (Å²) in [4.78, 5) is 29.8. The number of aromatic amines is 1. The Balaban J connectivity index is 2.58. The van der Waals surface area contributed by atoms with Crippen LogP contribution in [0.3, 0.4) is 0 Å². The van der Waals surface area contributed by atoms with Gasteiger partial charge in [0.05, 0.1) is 10.9 Å². The predicted molar refractivity (Wildman–Crippen MR) is 70.0 cm³/mol. The lowest BCUT2D eigenvalue weighted by Crippen LogP contribution is -2.10. The molecule has 0 radical (unpaired) electrons. The second-order valence-corrected chi connectivity index (χ2v) is 4.21. The summed E-state index contributed by atoms with van der Waals surface area (Å²) < 4.78 is 0. The maximum atomic E-state index is 12.0. The van der Waals surface area contributed by atoms with E-state index in [1.807, 2.05) is 18.2 Å². The minimum absolute atomic E-state index is 0.175. The molecule has 2 aromatic carbocycles. The first-order chi connectivity index (χ1) is 8.69. The number of fused-ring (bicyclic) bond motifs is 3. The van der Waals surface area contributed by atoms with E-state index in [1.54, 1.807) is 19.1 Å². The minimum atomic E-state index is -0.175. The van der Waals surface area contributed by atoms with Crippen molar-refractivity contribution in [2.75, 3.05) is 0 Å². The van der Waals surface area contributed by atoms with Gasteiger partial charge in [-0.05, 0) is 29.8 Å². The highest BCUT2D eigenvalue weighted by molar-refractivity contribution is 6.07. The third-order valence-corrected chi connectivity index (χ3v) is 2.97. The number of rotatable bonds is 1. The maximum Gasteiger partial charge on any atom is 0.259 e. The minimum Gasteiger partial charge on any atom is -0.310 e. The summed E-state index contributed by atoms with van der Waals surface area (Å²) in [6.07, 6.45) is 0.772. The molecule has 0 saturated heterocycles. The van der Waals surface area contributed by atoms with Crippen molar-refractivity contribution in [1.29, 1.82) is 0 Å². The number of carbonyl (C=O) groups excluding carboxylic acids is 1. The van der Waals surface area contributed by atoms with Crippen LogP contribution >= 0.6 is 0 Å². The van der Waals surface area contributed by atoms with Crippen LogP contribution in [0, 0.1) is 6.92 Å². The lowest BCUT2D eigenvalue weighted by molar-refractivity contribution is 0.112. The molecule has 0 aliphatic carbocycles. The quantitative estimate of drug-likeness (QED) is 0.522. The molecule has 0 spiro atoms. The number of aryl methyl sites for hydroxylation is 1. The van der Waals surface area contributed by atoms with Gasteiger partial charge in [0.1, 0.15) is 12.1 Å². The molecule has 0 bridgehead atoms. The highest BCUT2D eigenvalue weighted by Gasteiger charge is 2.07. The van der Waals surface area contributed by atoms with Gasteiger partial charge in [-0.15, -0.1) is 0 Å². The van der Waals surface area contributed by atoms with Crippen molar-refractivity contribution in [2.24, 2.45) is 0 Å². The molecular weight excluding hydrogens is 228 g/mol. The molecule has 0 atom stereocenters. The Labute approximate surface area is 102 Å². The third-order valence-electron chi connectivity index (χ3n) is 2.97. The van der Waals surface area contributed by atoms with E-state index in [1.165, 1.54) is 0 Å². The molecule has 4 nitrogen and oxygen atoms in total. The molecule has 1 aromatic heterocycles. The van der Waals surface area contributed by atoms with Crippen LogP contribution in [0.2, 0.25) is 0 Å². The van der Waals surface area contributed by atoms with Crippen LogP contribution in [0.1, 0.15) is 16.2 Å². The van der Waals surface area contributed by atoms with E-state index in [4.69, 9.17) is 0 Å². The summed E-state index contributed by atoms with van der Waals surface area (Å²) in [5.41, 5.74) is 1.02. The maximum absolute atomic E-state index is 12.0. The molecular formula is C14H10N2O2. The molecule has 1 N–H and O–H groups in total. The van der Waals surface area contributed by atoms with Crippen LogP contribution < -0.4 is 5.56 Å². The second-order valence-electron chi connectivity index (χ2n) is 4.21. The molecule has 4 heteroatoms. The van der Waals surface area contributed by atoms with Gasteiger partial charge in [0.25, 0.3) is 5.56 Å². The van der Waals surface area contributed by atoms with Crippen molar-refractivity contribution in [3.8, 4) is 0 Å². The highest BCUT2D eigenvalue weighted by Crippen LogP contribution is 2.22. The second kappa shape index (κ2) is 3.77. The molecule has 0 aliphatic heterocycles. The summed E-state index contributed by atoms with van der Waals surface area (Å²) in [6, 6.07) is 9.00. The monoisotopic (exact) mass is 238 g/mol. The van der Waals surface area contributed by atoms with Gasteiger partial charge < -0.3 is 4.98 Å². The van der Waals surface area contributed by atoms with Gasteiger partial charge in [-0.25, -0.2) is 4.98 Å².